The fourth-order valence-electron chi connectivity index (χ4n) is 1.78. The van der Waals surface area contributed by atoms with Crippen LogP contribution in [0.3, 0.4) is 0 Å². The van der Waals surface area contributed by atoms with E-state index >= 15 is 0 Å². The van der Waals surface area contributed by atoms with E-state index in [1.165, 1.54) is 16.8 Å². The molecule has 0 radical (unpaired) electrons. The molecular formula is C13H22N2O. The summed E-state index contributed by atoms with van der Waals surface area (Å²) in [6.45, 7) is 11.0. The fourth-order valence-corrected chi connectivity index (χ4v) is 1.78. The van der Waals surface area contributed by atoms with Gasteiger partial charge in [-0.15, -0.1) is 0 Å². The van der Waals surface area contributed by atoms with Crippen LogP contribution >= 0.6 is 0 Å². The highest BCUT2D eigenvalue weighted by molar-refractivity contribution is 5.76. The number of hydrogen-bond acceptors (Lipinski definition) is 1. The molecule has 0 aliphatic heterocycles. The van der Waals surface area contributed by atoms with Gasteiger partial charge in [-0.05, 0) is 45.7 Å². The molecule has 0 fully saturated rings. The van der Waals surface area contributed by atoms with Gasteiger partial charge in [-0.3, -0.25) is 4.79 Å². The summed E-state index contributed by atoms with van der Waals surface area (Å²) in [5, 5.41) is 2.90. The largest absolute Gasteiger partial charge is 0.354 e. The molecule has 1 amide bonds. The quantitative estimate of drug-likeness (QED) is 0.833. The Morgan fingerprint density at radius 2 is 2.00 bits per heavy atom. The summed E-state index contributed by atoms with van der Waals surface area (Å²) >= 11 is 0. The number of hydrogen-bond donors (Lipinski definition) is 1. The molecule has 0 aromatic carbocycles. The molecule has 1 aromatic rings. The van der Waals surface area contributed by atoms with Crippen LogP contribution in [0.4, 0.5) is 0 Å². The number of carbonyl (C=O) groups excluding carboxylic acids is 1. The molecule has 0 bridgehead atoms. The maximum atomic E-state index is 11.5. The molecule has 0 aliphatic carbocycles. The second kappa shape index (κ2) is 5.19. The Labute approximate surface area is 97.8 Å². The number of rotatable bonds is 4. The van der Waals surface area contributed by atoms with Crippen LogP contribution in [0.5, 0.6) is 0 Å². The lowest BCUT2D eigenvalue weighted by Crippen LogP contribution is -2.30. The average molecular weight is 222 g/mol. The molecule has 0 saturated carbocycles. The van der Waals surface area contributed by atoms with Crippen LogP contribution < -0.4 is 5.32 Å². The van der Waals surface area contributed by atoms with Gasteiger partial charge in [0.05, 0.1) is 0 Å². The zero-order valence-corrected chi connectivity index (χ0v) is 10.9. The second-order valence-electron chi connectivity index (χ2n) is 4.69. The van der Waals surface area contributed by atoms with E-state index in [2.05, 4.69) is 36.9 Å². The smallest absolute Gasteiger partial charge is 0.221 e. The van der Waals surface area contributed by atoms with Crippen LogP contribution in [0.15, 0.2) is 6.20 Å². The summed E-state index contributed by atoms with van der Waals surface area (Å²) in [5.41, 5.74) is 3.88. The summed E-state index contributed by atoms with van der Waals surface area (Å²) < 4.78 is 2.16. The molecule has 3 heteroatoms. The van der Waals surface area contributed by atoms with Crippen LogP contribution in [0.1, 0.15) is 37.1 Å². The van der Waals surface area contributed by atoms with Crippen LogP contribution in [0, 0.1) is 20.8 Å². The maximum Gasteiger partial charge on any atom is 0.221 e. The van der Waals surface area contributed by atoms with Crippen molar-refractivity contribution in [2.24, 2.45) is 0 Å². The highest BCUT2D eigenvalue weighted by Crippen LogP contribution is 2.14. The predicted octanol–water partition coefficient (Wildman–Crippen LogP) is 2.33. The minimum Gasteiger partial charge on any atom is -0.354 e. The highest BCUT2D eigenvalue weighted by Gasteiger charge is 2.07. The molecule has 0 aliphatic rings. The average Bonchev–Trinajstić information content (AvgIpc) is 2.42. The van der Waals surface area contributed by atoms with Gasteiger partial charge >= 0.3 is 0 Å². The van der Waals surface area contributed by atoms with E-state index in [9.17, 15) is 4.79 Å². The van der Waals surface area contributed by atoms with Crippen molar-refractivity contribution in [3.8, 4) is 0 Å². The summed E-state index contributed by atoms with van der Waals surface area (Å²) in [5.74, 6) is 0.124. The monoisotopic (exact) mass is 222 g/mol. The Hall–Kier alpha value is -1.25. The third kappa shape index (κ3) is 3.12. The molecule has 0 spiro atoms. The first-order valence-electron chi connectivity index (χ1n) is 5.84. The molecule has 1 N–H and O–H groups in total. The van der Waals surface area contributed by atoms with Gasteiger partial charge in [-0.25, -0.2) is 0 Å². The van der Waals surface area contributed by atoms with Gasteiger partial charge in [-0.1, -0.05) is 0 Å². The maximum absolute atomic E-state index is 11.5. The van der Waals surface area contributed by atoms with Crippen molar-refractivity contribution >= 4 is 5.91 Å². The van der Waals surface area contributed by atoms with Crippen molar-refractivity contribution in [2.75, 3.05) is 0 Å². The molecule has 1 heterocycles. The molecule has 0 saturated heterocycles. The topological polar surface area (TPSA) is 34.0 Å². The highest BCUT2D eigenvalue weighted by atomic mass is 16.1. The lowest BCUT2D eigenvalue weighted by molar-refractivity contribution is -0.121. The number of carbonyl (C=O) groups is 1. The Balaban J connectivity index is 2.55. The van der Waals surface area contributed by atoms with Crippen LogP contribution in [-0.4, -0.2) is 16.5 Å². The lowest BCUT2D eigenvalue weighted by atomic mass is 10.2. The van der Waals surface area contributed by atoms with Crippen molar-refractivity contribution in [3.05, 3.63) is 23.0 Å². The first-order chi connectivity index (χ1) is 7.41. The van der Waals surface area contributed by atoms with Gasteiger partial charge < -0.3 is 9.88 Å². The Kier molecular flexibility index (Phi) is 4.16. The van der Waals surface area contributed by atoms with Crippen molar-refractivity contribution in [3.63, 3.8) is 0 Å². The predicted molar refractivity (Wildman–Crippen MR) is 66.5 cm³/mol. The van der Waals surface area contributed by atoms with E-state index in [0.717, 1.165) is 6.54 Å². The minimum atomic E-state index is 0.124. The van der Waals surface area contributed by atoms with Crippen molar-refractivity contribution < 1.29 is 4.79 Å². The zero-order chi connectivity index (χ0) is 12.3. The van der Waals surface area contributed by atoms with Gasteiger partial charge in [0.1, 0.15) is 0 Å². The standard InChI is InChI=1S/C13H22N2O/c1-9(2)14-13(16)6-7-15-8-10(3)11(4)12(15)5/h8-9H,6-7H2,1-5H3,(H,14,16). The Bertz CT molecular complexity index is 378. The van der Waals surface area contributed by atoms with Gasteiger partial charge in [-0.2, -0.15) is 0 Å². The molecule has 90 valence electrons. The van der Waals surface area contributed by atoms with E-state index in [1.807, 2.05) is 13.8 Å². The van der Waals surface area contributed by atoms with E-state index in [-0.39, 0.29) is 11.9 Å². The molecule has 0 atom stereocenters. The summed E-state index contributed by atoms with van der Waals surface area (Å²) in [6.07, 6.45) is 2.67. The first kappa shape index (κ1) is 12.8. The van der Waals surface area contributed by atoms with Gasteiger partial charge in [0, 0.05) is 30.9 Å². The van der Waals surface area contributed by atoms with Crippen molar-refractivity contribution in [1.29, 1.82) is 0 Å². The molecule has 3 nitrogen and oxygen atoms in total. The van der Waals surface area contributed by atoms with E-state index in [0.29, 0.717) is 6.42 Å². The normalized spacial score (nSPS) is 10.9. The summed E-state index contributed by atoms with van der Waals surface area (Å²) in [7, 11) is 0. The minimum absolute atomic E-state index is 0.124. The zero-order valence-electron chi connectivity index (χ0n) is 10.9. The number of nitrogens with zero attached hydrogens (tertiary/aromatic N) is 1. The van der Waals surface area contributed by atoms with Crippen LogP contribution in [0.2, 0.25) is 0 Å². The molecule has 1 rings (SSSR count). The van der Waals surface area contributed by atoms with Gasteiger partial charge in [0.25, 0.3) is 0 Å². The third-order valence-corrected chi connectivity index (χ3v) is 2.94. The fraction of sp³-hybridized carbons (Fsp3) is 0.615. The van der Waals surface area contributed by atoms with Crippen molar-refractivity contribution in [2.45, 2.75) is 53.6 Å². The van der Waals surface area contributed by atoms with Crippen LogP contribution in [-0.2, 0) is 11.3 Å². The van der Waals surface area contributed by atoms with E-state index in [4.69, 9.17) is 0 Å². The summed E-state index contributed by atoms with van der Waals surface area (Å²) in [6, 6.07) is 0.224. The lowest BCUT2D eigenvalue weighted by Gasteiger charge is -2.09. The number of aryl methyl sites for hydroxylation is 2. The molecule has 1 aromatic heterocycles. The molecule has 0 unspecified atom stereocenters. The number of aromatic nitrogens is 1. The van der Waals surface area contributed by atoms with Gasteiger partial charge in [0.15, 0.2) is 0 Å². The summed E-state index contributed by atoms with van der Waals surface area (Å²) in [4.78, 5) is 11.5. The van der Waals surface area contributed by atoms with Crippen LogP contribution in [0.25, 0.3) is 0 Å². The first-order valence-corrected chi connectivity index (χ1v) is 5.84. The SMILES string of the molecule is Cc1cn(CCC(=O)NC(C)C)c(C)c1C. The Morgan fingerprint density at radius 3 is 2.44 bits per heavy atom. The van der Waals surface area contributed by atoms with E-state index in [1.54, 1.807) is 0 Å². The number of nitrogens with one attached hydrogen (secondary N) is 1. The number of amides is 1. The van der Waals surface area contributed by atoms with Gasteiger partial charge in [0.2, 0.25) is 5.91 Å². The third-order valence-electron chi connectivity index (χ3n) is 2.94. The molecule has 16 heavy (non-hydrogen) atoms. The molecular weight excluding hydrogens is 200 g/mol. The van der Waals surface area contributed by atoms with E-state index < -0.39 is 0 Å². The van der Waals surface area contributed by atoms with Crippen molar-refractivity contribution in [1.82, 2.24) is 9.88 Å². The second-order valence-corrected chi connectivity index (χ2v) is 4.69. The Morgan fingerprint density at radius 1 is 1.38 bits per heavy atom.